The third-order valence-corrected chi connectivity index (χ3v) is 2.20. The minimum atomic E-state index is -0.365. The van der Waals surface area contributed by atoms with Gasteiger partial charge in [0.15, 0.2) is 0 Å². The van der Waals surface area contributed by atoms with Gasteiger partial charge < -0.3 is 4.74 Å². The molecule has 14 heavy (non-hydrogen) atoms. The van der Waals surface area contributed by atoms with Gasteiger partial charge in [0.25, 0.3) is 0 Å². The fourth-order valence-corrected chi connectivity index (χ4v) is 1.35. The number of aromatic nitrogens is 1. The van der Waals surface area contributed by atoms with Crippen molar-refractivity contribution in [1.29, 1.82) is 0 Å². The van der Waals surface area contributed by atoms with Gasteiger partial charge in [-0.05, 0) is 29.7 Å². The molecule has 1 aromatic rings. The Morgan fingerprint density at radius 2 is 2.50 bits per heavy atom. The van der Waals surface area contributed by atoms with E-state index in [0.29, 0.717) is 13.0 Å². The van der Waals surface area contributed by atoms with E-state index >= 15 is 0 Å². The Kier molecular flexibility index (Phi) is 4.56. The molecule has 0 saturated carbocycles. The van der Waals surface area contributed by atoms with E-state index in [0.717, 1.165) is 5.56 Å². The van der Waals surface area contributed by atoms with Crippen LogP contribution in [0.2, 0.25) is 0 Å². The highest BCUT2D eigenvalue weighted by Gasteiger charge is 2.16. The normalized spacial score (nSPS) is 12.4. The highest BCUT2D eigenvalue weighted by molar-refractivity contribution is 6.64. The highest BCUT2D eigenvalue weighted by atomic mass is 35.5. The standard InChI is InChI=1S/C10H12ClNO2/c1-14-7-9(10(11)13)5-8-3-2-4-12-6-8/h2-4,6,9H,5,7H2,1H3. The van der Waals surface area contributed by atoms with Crippen molar-refractivity contribution >= 4 is 16.8 Å². The Bertz CT molecular complexity index is 289. The summed E-state index contributed by atoms with van der Waals surface area (Å²) in [6, 6.07) is 3.74. The van der Waals surface area contributed by atoms with Gasteiger partial charge in [0.05, 0.1) is 12.5 Å². The van der Waals surface area contributed by atoms with E-state index in [2.05, 4.69) is 4.98 Å². The lowest BCUT2D eigenvalue weighted by molar-refractivity contribution is -0.116. The third-order valence-electron chi connectivity index (χ3n) is 1.89. The Morgan fingerprint density at radius 3 is 3.00 bits per heavy atom. The summed E-state index contributed by atoms with van der Waals surface area (Å²) in [5.41, 5.74) is 0.989. The minimum absolute atomic E-state index is 0.286. The molecule has 0 fully saturated rings. The molecule has 0 aromatic carbocycles. The van der Waals surface area contributed by atoms with Crippen LogP contribution in [0.15, 0.2) is 24.5 Å². The van der Waals surface area contributed by atoms with Crippen molar-refractivity contribution in [2.24, 2.45) is 5.92 Å². The van der Waals surface area contributed by atoms with E-state index in [1.165, 1.54) is 0 Å². The summed E-state index contributed by atoms with van der Waals surface area (Å²) in [4.78, 5) is 15.0. The lowest BCUT2D eigenvalue weighted by Gasteiger charge is -2.10. The lowest BCUT2D eigenvalue weighted by Crippen LogP contribution is -2.17. The van der Waals surface area contributed by atoms with Crippen LogP contribution in [0.5, 0.6) is 0 Å². The van der Waals surface area contributed by atoms with Gasteiger partial charge in [-0.25, -0.2) is 0 Å². The predicted molar refractivity (Wildman–Crippen MR) is 54.2 cm³/mol. The number of carbonyl (C=O) groups excluding carboxylic acids is 1. The fourth-order valence-electron chi connectivity index (χ4n) is 1.21. The van der Waals surface area contributed by atoms with Crippen molar-refractivity contribution in [3.05, 3.63) is 30.1 Å². The van der Waals surface area contributed by atoms with E-state index in [4.69, 9.17) is 16.3 Å². The van der Waals surface area contributed by atoms with Gasteiger partial charge in [0.1, 0.15) is 0 Å². The number of carbonyl (C=O) groups is 1. The topological polar surface area (TPSA) is 39.2 Å². The average Bonchev–Trinajstić information content (AvgIpc) is 2.18. The first-order valence-electron chi connectivity index (χ1n) is 4.31. The van der Waals surface area contributed by atoms with Crippen LogP contribution in [0.25, 0.3) is 0 Å². The molecular weight excluding hydrogens is 202 g/mol. The van der Waals surface area contributed by atoms with E-state index in [1.54, 1.807) is 19.5 Å². The molecule has 0 aliphatic rings. The number of nitrogens with zero attached hydrogens (tertiary/aromatic N) is 1. The summed E-state index contributed by atoms with van der Waals surface area (Å²) in [6.07, 6.45) is 3.99. The van der Waals surface area contributed by atoms with E-state index < -0.39 is 0 Å². The maximum Gasteiger partial charge on any atom is 0.227 e. The summed E-state index contributed by atoms with van der Waals surface area (Å²) in [6.45, 7) is 0.344. The molecule has 1 unspecified atom stereocenters. The number of rotatable bonds is 5. The van der Waals surface area contributed by atoms with Crippen LogP contribution in [-0.2, 0) is 16.0 Å². The molecule has 0 radical (unpaired) electrons. The maximum absolute atomic E-state index is 11.0. The largest absolute Gasteiger partial charge is 0.384 e. The SMILES string of the molecule is COCC(Cc1cccnc1)C(=O)Cl. The van der Waals surface area contributed by atoms with Crippen molar-refractivity contribution in [2.45, 2.75) is 6.42 Å². The van der Waals surface area contributed by atoms with Crippen molar-refractivity contribution in [3.63, 3.8) is 0 Å². The number of halogens is 1. The molecular formula is C10H12ClNO2. The second-order valence-corrected chi connectivity index (χ2v) is 3.39. The van der Waals surface area contributed by atoms with Crippen LogP contribution in [0.4, 0.5) is 0 Å². The van der Waals surface area contributed by atoms with Crippen LogP contribution < -0.4 is 0 Å². The lowest BCUT2D eigenvalue weighted by atomic mass is 10.0. The molecule has 0 aliphatic carbocycles. The minimum Gasteiger partial charge on any atom is -0.384 e. The Balaban J connectivity index is 2.60. The molecule has 0 N–H and O–H groups in total. The smallest absolute Gasteiger partial charge is 0.227 e. The Hall–Kier alpha value is -0.930. The van der Waals surface area contributed by atoms with Crippen LogP contribution in [0.1, 0.15) is 5.56 Å². The molecule has 76 valence electrons. The molecule has 0 aliphatic heterocycles. The molecule has 1 rings (SSSR count). The molecule has 3 nitrogen and oxygen atoms in total. The van der Waals surface area contributed by atoms with Crippen molar-refractivity contribution < 1.29 is 9.53 Å². The first kappa shape index (κ1) is 11.1. The molecule has 1 heterocycles. The molecule has 0 amide bonds. The van der Waals surface area contributed by atoms with Crippen molar-refractivity contribution in [1.82, 2.24) is 4.98 Å². The number of ether oxygens (including phenoxy) is 1. The fraction of sp³-hybridized carbons (Fsp3) is 0.400. The first-order valence-corrected chi connectivity index (χ1v) is 4.69. The van der Waals surface area contributed by atoms with Crippen molar-refractivity contribution in [2.75, 3.05) is 13.7 Å². The highest BCUT2D eigenvalue weighted by Crippen LogP contribution is 2.11. The van der Waals surface area contributed by atoms with E-state index in [9.17, 15) is 4.79 Å². The van der Waals surface area contributed by atoms with Crippen LogP contribution in [0, 0.1) is 5.92 Å². The van der Waals surface area contributed by atoms with Crippen LogP contribution >= 0.6 is 11.6 Å². The van der Waals surface area contributed by atoms with Gasteiger partial charge in [-0.15, -0.1) is 0 Å². The van der Waals surface area contributed by atoms with E-state index in [-0.39, 0.29) is 11.2 Å². The van der Waals surface area contributed by atoms with Gasteiger partial charge in [0, 0.05) is 19.5 Å². The van der Waals surface area contributed by atoms with Crippen LogP contribution in [-0.4, -0.2) is 23.9 Å². The van der Waals surface area contributed by atoms with E-state index in [1.807, 2.05) is 12.1 Å². The van der Waals surface area contributed by atoms with Gasteiger partial charge >= 0.3 is 0 Å². The quantitative estimate of drug-likeness (QED) is 0.699. The van der Waals surface area contributed by atoms with Crippen molar-refractivity contribution in [3.8, 4) is 0 Å². The zero-order valence-corrected chi connectivity index (χ0v) is 8.70. The molecule has 0 spiro atoms. The Morgan fingerprint density at radius 1 is 1.71 bits per heavy atom. The zero-order chi connectivity index (χ0) is 10.4. The predicted octanol–water partition coefficient (Wildman–Crippen LogP) is 1.65. The summed E-state index contributed by atoms with van der Waals surface area (Å²) in [7, 11) is 1.55. The number of hydrogen-bond donors (Lipinski definition) is 0. The van der Waals surface area contributed by atoms with Gasteiger partial charge in [-0.1, -0.05) is 6.07 Å². The second-order valence-electron chi connectivity index (χ2n) is 3.02. The number of hydrogen-bond acceptors (Lipinski definition) is 3. The van der Waals surface area contributed by atoms with Gasteiger partial charge in [0.2, 0.25) is 5.24 Å². The summed E-state index contributed by atoms with van der Waals surface area (Å²) >= 11 is 5.43. The molecule has 1 aromatic heterocycles. The maximum atomic E-state index is 11.0. The zero-order valence-electron chi connectivity index (χ0n) is 7.94. The second kappa shape index (κ2) is 5.73. The number of pyridine rings is 1. The third kappa shape index (κ3) is 3.44. The Labute approximate surface area is 88.1 Å². The molecule has 0 bridgehead atoms. The summed E-state index contributed by atoms with van der Waals surface area (Å²) in [5.74, 6) is -0.286. The van der Waals surface area contributed by atoms with Gasteiger partial charge in [-0.3, -0.25) is 9.78 Å². The molecule has 1 atom stereocenters. The monoisotopic (exact) mass is 213 g/mol. The first-order chi connectivity index (χ1) is 6.74. The molecule has 0 saturated heterocycles. The number of methoxy groups -OCH3 is 1. The molecule has 4 heteroatoms. The van der Waals surface area contributed by atoms with Crippen LogP contribution in [0.3, 0.4) is 0 Å². The average molecular weight is 214 g/mol. The van der Waals surface area contributed by atoms with Gasteiger partial charge in [-0.2, -0.15) is 0 Å². The summed E-state index contributed by atoms with van der Waals surface area (Å²) < 4.78 is 4.91. The summed E-state index contributed by atoms with van der Waals surface area (Å²) in [5, 5.41) is -0.365.